The highest BCUT2D eigenvalue weighted by atomic mass is 16.5. The molecule has 0 aliphatic carbocycles. The molecule has 0 aromatic heterocycles. The number of para-hydroxylation sites is 2. The molecule has 0 saturated carbocycles. The molecule has 0 radical (unpaired) electrons. The molecule has 2 heterocycles. The molecule has 2 amide bonds. The molecular formula is C25H31N3O3. The highest BCUT2D eigenvalue weighted by Crippen LogP contribution is 2.33. The Balaban J connectivity index is 1.33. The van der Waals surface area contributed by atoms with Crippen molar-refractivity contribution in [2.75, 3.05) is 36.0 Å². The van der Waals surface area contributed by atoms with Crippen molar-refractivity contribution in [1.82, 2.24) is 4.90 Å². The SMILES string of the molecule is Cc1cccc(N2CCN(C(=O)CCC(=O)N3C[C@H](C)Oc4ccccc43)C[C@@H]2C)c1. The van der Waals surface area contributed by atoms with Crippen molar-refractivity contribution >= 4 is 23.2 Å². The highest BCUT2D eigenvalue weighted by molar-refractivity contribution is 5.97. The number of rotatable bonds is 4. The van der Waals surface area contributed by atoms with Crippen LogP contribution in [0.3, 0.4) is 0 Å². The molecular weight excluding hydrogens is 390 g/mol. The highest BCUT2D eigenvalue weighted by Gasteiger charge is 2.30. The normalized spacial score (nSPS) is 20.8. The Labute approximate surface area is 184 Å². The Hall–Kier alpha value is -3.02. The van der Waals surface area contributed by atoms with Gasteiger partial charge in [0.25, 0.3) is 0 Å². The monoisotopic (exact) mass is 421 g/mol. The maximum absolute atomic E-state index is 12.9. The molecule has 4 rings (SSSR count). The zero-order valence-electron chi connectivity index (χ0n) is 18.6. The molecule has 6 nitrogen and oxygen atoms in total. The lowest BCUT2D eigenvalue weighted by Crippen LogP contribution is -2.54. The average molecular weight is 422 g/mol. The summed E-state index contributed by atoms with van der Waals surface area (Å²) in [4.78, 5) is 31.8. The van der Waals surface area contributed by atoms with E-state index in [1.807, 2.05) is 36.1 Å². The summed E-state index contributed by atoms with van der Waals surface area (Å²) in [5, 5.41) is 0. The number of carbonyl (C=O) groups excluding carboxylic acids is 2. The molecule has 0 unspecified atom stereocenters. The zero-order valence-corrected chi connectivity index (χ0v) is 18.6. The van der Waals surface area contributed by atoms with Gasteiger partial charge in [-0.2, -0.15) is 0 Å². The number of hydrogen-bond donors (Lipinski definition) is 0. The van der Waals surface area contributed by atoms with E-state index in [-0.39, 0.29) is 36.8 Å². The van der Waals surface area contributed by atoms with Crippen LogP contribution >= 0.6 is 0 Å². The first kappa shape index (κ1) is 21.2. The van der Waals surface area contributed by atoms with E-state index in [1.165, 1.54) is 11.3 Å². The van der Waals surface area contributed by atoms with Crippen molar-refractivity contribution in [3.05, 3.63) is 54.1 Å². The molecule has 2 aliphatic heterocycles. The third-order valence-corrected chi connectivity index (χ3v) is 6.09. The van der Waals surface area contributed by atoms with E-state index in [4.69, 9.17) is 4.74 Å². The van der Waals surface area contributed by atoms with Crippen LogP contribution in [0.15, 0.2) is 48.5 Å². The fraction of sp³-hybridized carbons (Fsp3) is 0.440. The van der Waals surface area contributed by atoms with Crippen LogP contribution in [0.25, 0.3) is 0 Å². The van der Waals surface area contributed by atoms with Crippen molar-refractivity contribution in [3.63, 3.8) is 0 Å². The summed E-state index contributed by atoms with van der Waals surface area (Å²) in [7, 11) is 0. The summed E-state index contributed by atoms with van der Waals surface area (Å²) >= 11 is 0. The Morgan fingerprint density at radius 2 is 1.74 bits per heavy atom. The van der Waals surface area contributed by atoms with Gasteiger partial charge in [0.2, 0.25) is 11.8 Å². The summed E-state index contributed by atoms with van der Waals surface area (Å²) in [5.41, 5.74) is 3.23. The number of fused-ring (bicyclic) bond motifs is 1. The number of aryl methyl sites for hydroxylation is 1. The topological polar surface area (TPSA) is 53.1 Å². The van der Waals surface area contributed by atoms with Crippen molar-refractivity contribution < 1.29 is 14.3 Å². The first-order valence-corrected chi connectivity index (χ1v) is 11.1. The molecule has 0 bridgehead atoms. The number of hydrogen-bond acceptors (Lipinski definition) is 4. The minimum Gasteiger partial charge on any atom is -0.487 e. The second-order valence-corrected chi connectivity index (χ2v) is 8.62. The molecule has 2 aliphatic rings. The Morgan fingerprint density at radius 3 is 2.52 bits per heavy atom. The molecule has 1 saturated heterocycles. The molecule has 6 heteroatoms. The fourth-order valence-corrected chi connectivity index (χ4v) is 4.51. The smallest absolute Gasteiger partial charge is 0.227 e. The van der Waals surface area contributed by atoms with Gasteiger partial charge < -0.3 is 19.4 Å². The maximum Gasteiger partial charge on any atom is 0.227 e. The Bertz CT molecular complexity index is 961. The van der Waals surface area contributed by atoms with E-state index in [1.54, 1.807) is 4.90 Å². The van der Waals surface area contributed by atoms with Crippen molar-refractivity contribution in [1.29, 1.82) is 0 Å². The molecule has 0 spiro atoms. The van der Waals surface area contributed by atoms with Gasteiger partial charge in [-0.25, -0.2) is 0 Å². The zero-order chi connectivity index (χ0) is 22.0. The first-order chi connectivity index (χ1) is 14.9. The van der Waals surface area contributed by atoms with Crippen LogP contribution in [0.2, 0.25) is 0 Å². The number of benzene rings is 2. The largest absolute Gasteiger partial charge is 0.487 e. The van der Waals surface area contributed by atoms with E-state index in [0.29, 0.717) is 19.6 Å². The van der Waals surface area contributed by atoms with Gasteiger partial charge in [0.15, 0.2) is 0 Å². The second-order valence-electron chi connectivity index (χ2n) is 8.62. The van der Waals surface area contributed by atoms with Crippen molar-refractivity contribution in [2.24, 2.45) is 0 Å². The van der Waals surface area contributed by atoms with Gasteiger partial charge in [-0.1, -0.05) is 24.3 Å². The Morgan fingerprint density at radius 1 is 0.968 bits per heavy atom. The summed E-state index contributed by atoms with van der Waals surface area (Å²) < 4.78 is 5.82. The lowest BCUT2D eigenvalue weighted by Gasteiger charge is -2.41. The van der Waals surface area contributed by atoms with Gasteiger partial charge >= 0.3 is 0 Å². The quantitative estimate of drug-likeness (QED) is 0.757. The van der Waals surface area contributed by atoms with Crippen LogP contribution in [0.5, 0.6) is 5.75 Å². The average Bonchev–Trinajstić information content (AvgIpc) is 2.76. The van der Waals surface area contributed by atoms with Gasteiger partial charge in [-0.05, 0) is 50.6 Å². The number of anilines is 2. The van der Waals surface area contributed by atoms with Crippen LogP contribution < -0.4 is 14.5 Å². The first-order valence-electron chi connectivity index (χ1n) is 11.1. The van der Waals surface area contributed by atoms with Crippen LogP contribution in [0.1, 0.15) is 32.3 Å². The minimum atomic E-state index is -0.0647. The molecule has 0 N–H and O–H groups in total. The fourth-order valence-electron chi connectivity index (χ4n) is 4.51. The van der Waals surface area contributed by atoms with E-state index in [2.05, 4.69) is 43.0 Å². The van der Waals surface area contributed by atoms with Crippen LogP contribution in [-0.2, 0) is 9.59 Å². The lowest BCUT2D eigenvalue weighted by atomic mass is 10.1. The molecule has 1 fully saturated rings. The molecule has 2 aromatic rings. The van der Waals surface area contributed by atoms with Gasteiger partial charge in [0, 0.05) is 44.2 Å². The summed E-state index contributed by atoms with van der Waals surface area (Å²) in [6.07, 6.45) is 0.390. The third-order valence-electron chi connectivity index (χ3n) is 6.09. The number of ether oxygens (including phenoxy) is 1. The number of amides is 2. The van der Waals surface area contributed by atoms with E-state index < -0.39 is 0 Å². The molecule has 2 atom stereocenters. The lowest BCUT2D eigenvalue weighted by molar-refractivity contribution is -0.133. The van der Waals surface area contributed by atoms with Gasteiger partial charge in [0.05, 0.1) is 12.2 Å². The van der Waals surface area contributed by atoms with E-state index in [9.17, 15) is 9.59 Å². The van der Waals surface area contributed by atoms with Gasteiger partial charge in [0.1, 0.15) is 11.9 Å². The van der Waals surface area contributed by atoms with Crippen molar-refractivity contribution in [3.8, 4) is 5.75 Å². The summed E-state index contributed by atoms with van der Waals surface area (Å²) in [6.45, 7) is 8.88. The van der Waals surface area contributed by atoms with Gasteiger partial charge in [-0.15, -0.1) is 0 Å². The van der Waals surface area contributed by atoms with Crippen LogP contribution in [-0.4, -0.2) is 55.0 Å². The maximum atomic E-state index is 12.9. The van der Waals surface area contributed by atoms with E-state index in [0.717, 1.165) is 18.0 Å². The Kier molecular flexibility index (Phi) is 6.16. The minimum absolute atomic E-state index is 0.0256. The van der Waals surface area contributed by atoms with Crippen LogP contribution in [0.4, 0.5) is 11.4 Å². The predicted octanol–water partition coefficient (Wildman–Crippen LogP) is 3.63. The second kappa shape index (κ2) is 9.00. The third kappa shape index (κ3) is 4.68. The predicted molar refractivity (Wildman–Crippen MR) is 123 cm³/mol. The summed E-state index contributed by atoms with van der Waals surface area (Å²) in [6, 6.07) is 16.3. The number of carbonyl (C=O) groups is 2. The standard InChI is InChI=1S/C25H31N3O3/c1-18-7-6-8-21(15-18)27-14-13-26(16-19(27)2)24(29)11-12-25(30)28-17-20(3)31-23-10-5-4-9-22(23)28/h4-10,15,19-20H,11-14,16-17H2,1-3H3/t19-,20-/m0/s1. The molecule has 31 heavy (non-hydrogen) atoms. The van der Waals surface area contributed by atoms with Crippen LogP contribution in [0, 0.1) is 6.92 Å². The number of nitrogens with zero attached hydrogens (tertiary/aromatic N) is 3. The van der Waals surface area contributed by atoms with Crippen molar-refractivity contribution in [2.45, 2.75) is 45.8 Å². The molecule has 2 aromatic carbocycles. The summed E-state index contributed by atoms with van der Waals surface area (Å²) in [5.74, 6) is 0.753. The molecule has 164 valence electrons. The van der Waals surface area contributed by atoms with Gasteiger partial charge in [-0.3, -0.25) is 9.59 Å². The number of piperazine rings is 1. The van der Waals surface area contributed by atoms with E-state index >= 15 is 0 Å².